The van der Waals surface area contributed by atoms with Crippen molar-refractivity contribution < 1.29 is 0 Å². The molecule has 18 heavy (non-hydrogen) atoms. The maximum atomic E-state index is 6.10. The average molecular weight is 279 g/mol. The molecule has 2 aromatic rings. The molecule has 0 saturated carbocycles. The molecule has 94 valence electrons. The average Bonchev–Trinajstić information content (AvgIpc) is 2.92. The van der Waals surface area contributed by atoms with Crippen LogP contribution in [0.5, 0.6) is 0 Å². The monoisotopic (exact) mass is 278 g/mol. The molecule has 3 rings (SSSR count). The first-order valence-electron chi connectivity index (χ1n) is 6.20. The second kappa shape index (κ2) is 5.39. The fraction of sp³-hybridized carbons (Fsp3) is 0.357. The van der Waals surface area contributed by atoms with Gasteiger partial charge in [0.2, 0.25) is 0 Å². The summed E-state index contributed by atoms with van der Waals surface area (Å²) in [6, 6.07) is 8.22. The molecule has 1 aromatic heterocycles. The van der Waals surface area contributed by atoms with E-state index < -0.39 is 0 Å². The highest BCUT2D eigenvalue weighted by Gasteiger charge is 2.29. The summed E-state index contributed by atoms with van der Waals surface area (Å²) in [6.07, 6.45) is 3.04. The molecule has 1 aliphatic rings. The first kappa shape index (κ1) is 12.2. The highest BCUT2D eigenvalue weighted by Crippen LogP contribution is 2.38. The Bertz CT molecular complexity index is 512. The van der Waals surface area contributed by atoms with E-state index in [0.29, 0.717) is 11.8 Å². The summed E-state index contributed by atoms with van der Waals surface area (Å²) in [6.45, 7) is 2.08. The normalized spacial score (nSPS) is 24.1. The molecular weight excluding hydrogens is 264 g/mol. The zero-order valence-electron chi connectivity index (χ0n) is 9.97. The van der Waals surface area contributed by atoms with Gasteiger partial charge in [-0.1, -0.05) is 23.7 Å². The predicted octanol–water partition coefficient (Wildman–Crippen LogP) is 3.66. The maximum absolute atomic E-state index is 6.10. The molecule has 0 aliphatic carbocycles. The number of nitrogens with one attached hydrogen (secondary N) is 1. The smallest absolute Gasteiger partial charge is 0.0962 e. The summed E-state index contributed by atoms with van der Waals surface area (Å²) in [5.74, 6) is 0.994. The molecule has 1 aliphatic heterocycles. The maximum Gasteiger partial charge on any atom is 0.0962 e. The van der Waals surface area contributed by atoms with E-state index in [0.717, 1.165) is 24.5 Å². The van der Waals surface area contributed by atoms with Gasteiger partial charge in [-0.15, -0.1) is 11.3 Å². The summed E-state index contributed by atoms with van der Waals surface area (Å²) >= 11 is 7.86. The molecule has 4 heteroatoms. The van der Waals surface area contributed by atoms with E-state index >= 15 is 0 Å². The number of halogens is 1. The Kier molecular flexibility index (Phi) is 3.64. The molecule has 2 unspecified atom stereocenters. The number of rotatable bonds is 2. The van der Waals surface area contributed by atoms with Gasteiger partial charge in [-0.2, -0.15) is 0 Å². The number of piperidine rings is 1. The van der Waals surface area contributed by atoms with E-state index in [4.69, 9.17) is 11.6 Å². The molecule has 0 radical (unpaired) electrons. The number of aromatic nitrogens is 1. The van der Waals surface area contributed by atoms with Gasteiger partial charge in [0.1, 0.15) is 0 Å². The lowest BCUT2D eigenvalue weighted by atomic mass is 9.82. The van der Waals surface area contributed by atoms with E-state index in [9.17, 15) is 0 Å². The van der Waals surface area contributed by atoms with Gasteiger partial charge < -0.3 is 5.32 Å². The van der Waals surface area contributed by atoms with Crippen LogP contribution >= 0.6 is 22.9 Å². The Morgan fingerprint density at radius 2 is 2.28 bits per heavy atom. The van der Waals surface area contributed by atoms with Crippen molar-refractivity contribution in [2.45, 2.75) is 18.3 Å². The third-order valence-corrected chi connectivity index (χ3v) is 4.67. The van der Waals surface area contributed by atoms with Crippen molar-refractivity contribution in [1.29, 1.82) is 0 Å². The van der Waals surface area contributed by atoms with Gasteiger partial charge in [-0.25, -0.2) is 4.98 Å². The first-order valence-corrected chi connectivity index (χ1v) is 7.46. The minimum absolute atomic E-state index is 0.476. The fourth-order valence-electron chi connectivity index (χ4n) is 2.66. The molecule has 2 heterocycles. The number of thiazole rings is 1. The van der Waals surface area contributed by atoms with Crippen LogP contribution in [0.25, 0.3) is 0 Å². The second-order valence-electron chi connectivity index (χ2n) is 4.63. The van der Waals surface area contributed by atoms with E-state index in [1.54, 1.807) is 11.3 Å². The lowest BCUT2D eigenvalue weighted by Crippen LogP contribution is -2.33. The summed E-state index contributed by atoms with van der Waals surface area (Å²) in [4.78, 5) is 4.50. The molecule has 2 nitrogen and oxygen atoms in total. The Balaban J connectivity index is 1.93. The van der Waals surface area contributed by atoms with Crippen LogP contribution in [0.1, 0.15) is 28.8 Å². The number of hydrogen-bond donors (Lipinski definition) is 1. The Hall–Kier alpha value is -0.900. The van der Waals surface area contributed by atoms with Crippen molar-refractivity contribution in [2.75, 3.05) is 13.1 Å². The molecule has 0 bridgehead atoms. The van der Waals surface area contributed by atoms with Gasteiger partial charge in [-0.3, -0.25) is 0 Å². The molecule has 1 aromatic carbocycles. The summed E-state index contributed by atoms with van der Waals surface area (Å²) in [5, 5.41) is 7.61. The van der Waals surface area contributed by atoms with E-state index in [-0.39, 0.29) is 0 Å². The van der Waals surface area contributed by atoms with Crippen molar-refractivity contribution in [1.82, 2.24) is 10.3 Å². The zero-order chi connectivity index (χ0) is 12.4. The molecule has 1 fully saturated rings. The third kappa shape index (κ3) is 2.44. The summed E-state index contributed by atoms with van der Waals surface area (Å²) in [5.41, 5.74) is 1.31. The van der Waals surface area contributed by atoms with Crippen LogP contribution < -0.4 is 5.32 Å². The lowest BCUT2D eigenvalue weighted by Gasteiger charge is -2.31. The van der Waals surface area contributed by atoms with Gasteiger partial charge >= 0.3 is 0 Å². The van der Waals surface area contributed by atoms with Crippen molar-refractivity contribution in [3.05, 3.63) is 51.4 Å². The number of benzene rings is 1. The SMILES string of the molecule is Clc1cccc(C2CNCCC2c2nccs2)c1. The quantitative estimate of drug-likeness (QED) is 0.907. The van der Waals surface area contributed by atoms with Gasteiger partial charge in [0.25, 0.3) is 0 Å². The van der Waals surface area contributed by atoms with Gasteiger partial charge in [-0.05, 0) is 30.7 Å². The van der Waals surface area contributed by atoms with Crippen LogP contribution in [-0.2, 0) is 0 Å². The summed E-state index contributed by atoms with van der Waals surface area (Å²) in [7, 11) is 0. The lowest BCUT2D eigenvalue weighted by molar-refractivity contribution is 0.403. The number of nitrogens with zero attached hydrogens (tertiary/aromatic N) is 1. The Morgan fingerprint density at radius 3 is 3.06 bits per heavy atom. The third-order valence-electron chi connectivity index (χ3n) is 3.53. The molecule has 1 N–H and O–H groups in total. The standard InChI is InChI=1S/C14H15ClN2S/c15-11-3-1-2-10(8-11)13-9-16-5-4-12(13)14-17-6-7-18-14/h1-3,6-8,12-13,16H,4-5,9H2. The second-order valence-corrected chi connectivity index (χ2v) is 5.99. The van der Waals surface area contributed by atoms with Crippen LogP contribution in [0.4, 0.5) is 0 Å². The minimum atomic E-state index is 0.476. The fourth-order valence-corrected chi connectivity index (χ4v) is 3.70. The highest BCUT2D eigenvalue weighted by atomic mass is 35.5. The van der Waals surface area contributed by atoms with Gasteiger partial charge in [0.05, 0.1) is 5.01 Å². The van der Waals surface area contributed by atoms with Gasteiger partial charge in [0, 0.05) is 35.0 Å². The van der Waals surface area contributed by atoms with Crippen LogP contribution in [-0.4, -0.2) is 18.1 Å². The highest BCUT2D eigenvalue weighted by molar-refractivity contribution is 7.09. The summed E-state index contributed by atoms with van der Waals surface area (Å²) < 4.78 is 0. The van der Waals surface area contributed by atoms with E-state index in [1.165, 1.54) is 10.6 Å². The zero-order valence-corrected chi connectivity index (χ0v) is 11.5. The van der Waals surface area contributed by atoms with Crippen molar-refractivity contribution in [3.8, 4) is 0 Å². The van der Waals surface area contributed by atoms with Crippen LogP contribution in [0.15, 0.2) is 35.8 Å². The topological polar surface area (TPSA) is 24.9 Å². The Morgan fingerprint density at radius 1 is 1.33 bits per heavy atom. The van der Waals surface area contributed by atoms with Crippen molar-refractivity contribution in [2.24, 2.45) is 0 Å². The van der Waals surface area contributed by atoms with E-state index in [1.807, 2.05) is 18.3 Å². The molecule has 2 atom stereocenters. The molecule has 0 spiro atoms. The van der Waals surface area contributed by atoms with Crippen LogP contribution in [0, 0.1) is 0 Å². The van der Waals surface area contributed by atoms with Crippen molar-refractivity contribution >= 4 is 22.9 Å². The van der Waals surface area contributed by atoms with Gasteiger partial charge in [0.15, 0.2) is 0 Å². The largest absolute Gasteiger partial charge is 0.316 e. The first-order chi connectivity index (χ1) is 8.84. The molecule has 0 amide bonds. The number of hydrogen-bond acceptors (Lipinski definition) is 3. The van der Waals surface area contributed by atoms with E-state index in [2.05, 4.69) is 27.8 Å². The minimum Gasteiger partial charge on any atom is -0.316 e. The Labute approximate surface area is 116 Å². The van der Waals surface area contributed by atoms with Crippen LogP contribution in [0.2, 0.25) is 5.02 Å². The van der Waals surface area contributed by atoms with Crippen LogP contribution in [0.3, 0.4) is 0 Å². The molecular formula is C14H15ClN2S. The van der Waals surface area contributed by atoms with Crippen molar-refractivity contribution in [3.63, 3.8) is 0 Å². The predicted molar refractivity (Wildman–Crippen MR) is 76.5 cm³/mol. The molecule has 1 saturated heterocycles.